The van der Waals surface area contributed by atoms with Crippen molar-refractivity contribution in [2.45, 2.75) is 31.1 Å². The molecule has 186 valence electrons. The van der Waals surface area contributed by atoms with E-state index in [2.05, 4.69) is 16.3 Å². The third-order valence-electron chi connectivity index (χ3n) is 6.74. The van der Waals surface area contributed by atoms with E-state index in [1.807, 2.05) is 72.2 Å². The zero-order valence-corrected chi connectivity index (χ0v) is 21.8. The van der Waals surface area contributed by atoms with Crippen LogP contribution in [0.3, 0.4) is 0 Å². The number of benzene rings is 2. The Kier molecular flexibility index (Phi) is 7.43. The van der Waals surface area contributed by atoms with Gasteiger partial charge in [0.05, 0.1) is 12.3 Å². The highest BCUT2D eigenvalue weighted by Crippen LogP contribution is 2.39. The van der Waals surface area contributed by atoms with Crippen LogP contribution in [0, 0.1) is 5.92 Å². The number of ether oxygens (including phenoxy) is 1. The monoisotopic (exact) mass is 519 g/mol. The summed E-state index contributed by atoms with van der Waals surface area (Å²) in [6.45, 7) is 4.69. The number of hydrogen-bond donors (Lipinski definition) is 1. The van der Waals surface area contributed by atoms with Crippen molar-refractivity contribution >= 4 is 39.9 Å². The first-order valence-electron chi connectivity index (χ1n) is 12.3. The molecule has 3 aromatic rings. The second kappa shape index (κ2) is 10.9. The Hall–Kier alpha value is -3.10. The van der Waals surface area contributed by atoms with E-state index in [0.717, 1.165) is 30.8 Å². The first kappa shape index (κ1) is 24.6. The molecule has 1 amide bonds. The van der Waals surface area contributed by atoms with Gasteiger partial charge in [-0.25, -0.2) is 0 Å². The van der Waals surface area contributed by atoms with Crippen molar-refractivity contribution in [3.05, 3.63) is 94.4 Å². The highest BCUT2D eigenvalue weighted by atomic mass is 32.2. The number of para-hydroxylation sites is 2. The molecule has 1 aromatic heterocycles. The first-order chi connectivity index (χ1) is 17.5. The molecule has 2 bridgehead atoms. The molecule has 1 saturated heterocycles. The Morgan fingerprint density at radius 2 is 1.83 bits per heavy atom. The van der Waals surface area contributed by atoms with Gasteiger partial charge in [0.2, 0.25) is 5.91 Å². The molecule has 36 heavy (non-hydrogen) atoms. The molecule has 2 aliphatic rings. The summed E-state index contributed by atoms with van der Waals surface area (Å²) in [5.41, 5.74) is 2.69. The fourth-order valence-electron chi connectivity index (χ4n) is 5.17. The van der Waals surface area contributed by atoms with Crippen molar-refractivity contribution in [2.75, 3.05) is 25.0 Å². The largest absolute Gasteiger partial charge is 0.492 e. The lowest BCUT2D eigenvalue weighted by Crippen LogP contribution is -2.48. The van der Waals surface area contributed by atoms with E-state index in [-0.39, 0.29) is 17.4 Å². The van der Waals surface area contributed by atoms with Crippen LogP contribution >= 0.6 is 24.0 Å². The van der Waals surface area contributed by atoms with Crippen LogP contribution in [-0.4, -0.2) is 39.4 Å². The number of carbonyl (C=O) groups excluding carboxylic acids is 1. The Morgan fingerprint density at radius 1 is 1.06 bits per heavy atom. The number of nitrogens with zero attached hydrogens (tertiary/aromatic N) is 2. The zero-order valence-electron chi connectivity index (χ0n) is 20.1. The predicted molar refractivity (Wildman–Crippen MR) is 149 cm³/mol. The number of amides is 1. The molecule has 2 aliphatic heterocycles. The first-order valence-corrected chi connectivity index (χ1v) is 13.5. The third kappa shape index (κ3) is 5.20. The lowest BCUT2D eigenvalue weighted by molar-refractivity contribution is -0.115. The summed E-state index contributed by atoms with van der Waals surface area (Å²) >= 11 is 7.33. The van der Waals surface area contributed by atoms with E-state index in [1.165, 1.54) is 11.8 Å². The molecule has 1 fully saturated rings. The number of fused-ring (bicyclic) bond motifs is 4. The summed E-state index contributed by atoms with van der Waals surface area (Å²) in [6, 6.07) is 22.7. The van der Waals surface area contributed by atoms with Crippen LogP contribution in [0.2, 0.25) is 0 Å². The van der Waals surface area contributed by atoms with Crippen molar-refractivity contribution in [2.24, 2.45) is 5.92 Å². The number of nitrogens with one attached hydrogen (secondary N) is 1. The minimum absolute atomic E-state index is 0.0701. The number of aromatic nitrogens is 1. The molecule has 0 radical (unpaired) electrons. The van der Waals surface area contributed by atoms with Crippen molar-refractivity contribution in [1.82, 2.24) is 9.47 Å². The Balaban J connectivity index is 1.35. The topological polar surface area (TPSA) is 63.6 Å². The smallest absolute Gasteiger partial charge is 0.250 e. The fourth-order valence-corrected chi connectivity index (χ4v) is 6.57. The summed E-state index contributed by atoms with van der Waals surface area (Å²) in [4.78, 5) is 28.2. The van der Waals surface area contributed by atoms with E-state index in [1.54, 1.807) is 6.07 Å². The van der Waals surface area contributed by atoms with Gasteiger partial charge >= 0.3 is 0 Å². The van der Waals surface area contributed by atoms with Crippen molar-refractivity contribution in [3.63, 3.8) is 0 Å². The number of thiocarbonyl (C=S) groups is 1. The molecule has 0 aliphatic carbocycles. The van der Waals surface area contributed by atoms with E-state index >= 15 is 0 Å². The maximum Gasteiger partial charge on any atom is 0.250 e. The Morgan fingerprint density at radius 3 is 2.64 bits per heavy atom. The van der Waals surface area contributed by atoms with Gasteiger partial charge in [-0.2, -0.15) is 0 Å². The van der Waals surface area contributed by atoms with Gasteiger partial charge in [0.25, 0.3) is 5.56 Å². The number of thioether (sulfide) groups is 1. The van der Waals surface area contributed by atoms with Crippen molar-refractivity contribution < 1.29 is 9.53 Å². The number of hydrogen-bond acceptors (Lipinski definition) is 5. The van der Waals surface area contributed by atoms with Crippen LogP contribution in [0.1, 0.15) is 35.8 Å². The van der Waals surface area contributed by atoms with Crippen molar-refractivity contribution in [3.8, 4) is 5.75 Å². The van der Waals surface area contributed by atoms with Crippen LogP contribution in [0.5, 0.6) is 5.75 Å². The van der Waals surface area contributed by atoms with E-state index in [4.69, 9.17) is 17.0 Å². The van der Waals surface area contributed by atoms with Gasteiger partial charge < -0.3 is 19.5 Å². The number of carbonyl (C=O) groups is 1. The van der Waals surface area contributed by atoms with Crippen LogP contribution in [0.25, 0.3) is 0 Å². The number of rotatable bonds is 6. The molecule has 8 heteroatoms. The third-order valence-corrected chi connectivity index (χ3v) is 8.47. The summed E-state index contributed by atoms with van der Waals surface area (Å²) in [6.07, 6.45) is 1.06. The molecule has 3 heterocycles. The standard InChI is InChI=1S/C28H29N3O3S2/c1-2-34-24-13-7-6-11-22(24)29-27(33)26(20-9-4-3-5-10-20)36-28(35)30-16-19-15-21(18-30)23-12-8-14-25(32)31(23)17-19/h3-14,19,21,26H,2,15-18H2,1H3,(H,29,33)/t19-,21-,26-/m0/s1. The minimum Gasteiger partial charge on any atom is -0.492 e. The van der Waals surface area contributed by atoms with Crippen LogP contribution < -0.4 is 15.6 Å². The SMILES string of the molecule is CCOc1ccccc1NC(=O)[C@@H](SC(=S)N1C[C@@H]2C[C@@H](C1)c1cccc(=O)n1C2)c1ccccc1. The molecule has 3 atom stereocenters. The maximum absolute atomic E-state index is 13.6. The second-order valence-corrected chi connectivity index (χ2v) is 10.9. The van der Waals surface area contributed by atoms with Gasteiger partial charge in [0.1, 0.15) is 15.3 Å². The molecular weight excluding hydrogens is 490 g/mol. The molecule has 6 nitrogen and oxygen atoms in total. The molecule has 0 spiro atoms. The van der Waals surface area contributed by atoms with E-state index in [0.29, 0.717) is 34.8 Å². The molecular formula is C28H29N3O3S2. The Labute approximate surface area is 220 Å². The van der Waals surface area contributed by atoms with Crippen molar-refractivity contribution in [1.29, 1.82) is 0 Å². The quantitative estimate of drug-likeness (QED) is 0.459. The normalized spacial score (nSPS) is 19.2. The molecule has 5 rings (SSSR count). The molecule has 2 aromatic carbocycles. The lowest BCUT2D eigenvalue weighted by Gasteiger charge is -2.43. The highest BCUT2D eigenvalue weighted by Gasteiger charge is 2.36. The van der Waals surface area contributed by atoms with Gasteiger partial charge in [-0.15, -0.1) is 0 Å². The van der Waals surface area contributed by atoms with Gasteiger partial charge in [-0.1, -0.05) is 72.5 Å². The van der Waals surface area contributed by atoms with Gasteiger partial charge in [-0.05, 0) is 43.0 Å². The minimum atomic E-state index is -0.509. The highest BCUT2D eigenvalue weighted by molar-refractivity contribution is 8.23. The average Bonchev–Trinajstić information content (AvgIpc) is 2.89. The second-order valence-electron chi connectivity index (χ2n) is 9.20. The molecule has 1 N–H and O–H groups in total. The average molecular weight is 520 g/mol. The van der Waals surface area contributed by atoms with Gasteiger partial charge in [-0.3, -0.25) is 9.59 Å². The summed E-state index contributed by atoms with van der Waals surface area (Å²) in [7, 11) is 0. The summed E-state index contributed by atoms with van der Waals surface area (Å²) < 4.78 is 8.33. The molecule has 0 unspecified atom stereocenters. The van der Waals surface area contributed by atoms with Gasteiger partial charge in [0.15, 0.2) is 0 Å². The van der Waals surface area contributed by atoms with Crippen LogP contribution in [0.4, 0.5) is 5.69 Å². The molecule has 0 saturated carbocycles. The van der Waals surface area contributed by atoms with Gasteiger partial charge in [0, 0.05) is 37.3 Å². The number of pyridine rings is 1. The van der Waals surface area contributed by atoms with E-state index in [9.17, 15) is 9.59 Å². The number of anilines is 1. The van der Waals surface area contributed by atoms with Crippen LogP contribution in [-0.2, 0) is 11.3 Å². The number of piperidine rings is 1. The Bertz CT molecular complexity index is 1310. The number of likely N-dealkylation sites (tertiary alicyclic amines) is 1. The summed E-state index contributed by atoms with van der Waals surface area (Å²) in [5, 5.41) is 2.55. The van der Waals surface area contributed by atoms with Crippen LogP contribution in [0.15, 0.2) is 77.6 Å². The lowest BCUT2D eigenvalue weighted by atomic mass is 9.83. The fraction of sp³-hybridized carbons (Fsp3) is 0.321. The predicted octanol–water partition coefficient (Wildman–Crippen LogP) is 5.06. The summed E-state index contributed by atoms with van der Waals surface area (Å²) in [5.74, 6) is 1.12. The maximum atomic E-state index is 13.6. The zero-order chi connectivity index (χ0) is 25.1. The van der Waals surface area contributed by atoms with E-state index < -0.39 is 5.25 Å².